The number of phenols is 3. The van der Waals surface area contributed by atoms with Crippen LogP contribution in [-0.2, 0) is 14.3 Å². The standard InChI is InChI=1S/C26H34O11/c1-11-7-14(27)10-26(3,4)15(11)6-5-12(2)36-25-23(35)20(32)22(34)24(37-25)21(33)18(30)13-8-16(28)19(31)17(29)9-13/h5-9,12,15,20-25,28-29,31-35H,10H2,1-4H3/b6-5+/t12-,15+,20+,21?,22+,23-,24-,25-/m1/s1. The number of ketones is 2. The summed E-state index contributed by atoms with van der Waals surface area (Å²) in [5.74, 6) is -3.57. The molecule has 0 radical (unpaired) electrons. The summed E-state index contributed by atoms with van der Waals surface area (Å²) >= 11 is 0. The summed E-state index contributed by atoms with van der Waals surface area (Å²) in [5, 5.41) is 70.5. The van der Waals surface area contributed by atoms with Crippen molar-refractivity contribution < 1.29 is 54.8 Å². The number of phenolic OH excluding ortho intramolecular Hbond substituents is 3. The molecule has 1 aromatic rings. The van der Waals surface area contributed by atoms with Crippen molar-refractivity contribution in [3.8, 4) is 17.2 Å². The van der Waals surface area contributed by atoms with Gasteiger partial charge in [0.05, 0.1) is 6.10 Å². The Balaban J connectivity index is 1.75. The number of carbonyl (C=O) groups excluding carboxylic acids is 2. The molecule has 1 unspecified atom stereocenters. The summed E-state index contributed by atoms with van der Waals surface area (Å²) in [5.41, 5.74) is 0.174. The molecule has 0 amide bonds. The van der Waals surface area contributed by atoms with Crippen molar-refractivity contribution in [1.29, 1.82) is 0 Å². The van der Waals surface area contributed by atoms with Crippen molar-refractivity contribution in [2.45, 2.75) is 77.0 Å². The van der Waals surface area contributed by atoms with Gasteiger partial charge in [-0.1, -0.05) is 31.6 Å². The average molecular weight is 523 g/mol. The first-order valence-corrected chi connectivity index (χ1v) is 11.9. The first kappa shape index (κ1) is 28.8. The Morgan fingerprint density at radius 3 is 2.27 bits per heavy atom. The number of Topliss-reactive ketones (excluding diaryl/α,β-unsaturated/α-hetero) is 1. The van der Waals surface area contributed by atoms with Crippen LogP contribution in [0.4, 0.5) is 0 Å². The maximum absolute atomic E-state index is 12.7. The van der Waals surface area contributed by atoms with Crippen LogP contribution in [0.5, 0.6) is 17.2 Å². The van der Waals surface area contributed by atoms with Gasteiger partial charge in [0, 0.05) is 17.9 Å². The highest BCUT2D eigenvalue weighted by Gasteiger charge is 2.49. The largest absolute Gasteiger partial charge is 0.504 e. The Morgan fingerprint density at radius 2 is 1.70 bits per heavy atom. The molecule has 8 atom stereocenters. The summed E-state index contributed by atoms with van der Waals surface area (Å²) in [7, 11) is 0. The van der Waals surface area contributed by atoms with Gasteiger partial charge >= 0.3 is 0 Å². The second-order valence-corrected chi connectivity index (χ2v) is 10.3. The molecule has 37 heavy (non-hydrogen) atoms. The fourth-order valence-electron chi connectivity index (χ4n) is 4.82. The van der Waals surface area contributed by atoms with Crippen LogP contribution in [0.1, 0.15) is 44.5 Å². The minimum absolute atomic E-state index is 0.0498. The minimum atomic E-state index is -2.09. The van der Waals surface area contributed by atoms with Gasteiger partial charge in [-0.3, -0.25) is 9.59 Å². The van der Waals surface area contributed by atoms with Crippen molar-refractivity contribution in [3.63, 3.8) is 0 Å². The number of benzene rings is 1. The third-order valence-corrected chi connectivity index (χ3v) is 6.81. The molecule has 11 heteroatoms. The van der Waals surface area contributed by atoms with E-state index in [4.69, 9.17) is 9.47 Å². The highest BCUT2D eigenvalue weighted by molar-refractivity contribution is 6.00. The van der Waals surface area contributed by atoms with Gasteiger partial charge in [-0.15, -0.1) is 0 Å². The lowest BCUT2D eigenvalue weighted by atomic mass is 9.68. The highest BCUT2D eigenvalue weighted by Crippen LogP contribution is 2.40. The topological polar surface area (TPSA) is 194 Å². The Bertz CT molecular complexity index is 1070. The van der Waals surface area contributed by atoms with Crippen molar-refractivity contribution in [2.75, 3.05) is 0 Å². The van der Waals surface area contributed by atoms with Gasteiger partial charge in [0.1, 0.15) is 30.5 Å². The number of allylic oxidation sites excluding steroid dienone is 3. The number of rotatable bonds is 7. The summed E-state index contributed by atoms with van der Waals surface area (Å²) in [6.07, 6.45) is -5.91. The number of ether oxygens (including phenoxy) is 2. The van der Waals surface area contributed by atoms with E-state index < -0.39 is 71.5 Å². The molecule has 0 bridgehead atoms. The molecular weight excluding hydrogens is 488 g/mol. The predicted molar refractivity (Wildman–Crippen MR) is 129 cm³/mol. The molecule has 1 aromatic carbocycles. The molecule has 204 valence electrons. The summed E-state index contributed by atoms with van der Waals surface area (Å²) in [4.78, 5) is 24.7. The normalized spacial score (nSPS) is 31.7. The van der Waals surface area contributed by atoms with Gasteiger partial charge in [0.15, 0.2) is 35.1 Å². The van der Waals surface area contributed by atoms with Crippen LogP contribution in [0.25, 0.3) is 0 Å². The SMILES string of the molecule is CC1=CC(=O)CC(C)(C)[C@H]1/C=C/[C@@H](C)O[C@@H]1O[C@H](C(O)C(=O)c2cc(O)c(O)c(O)c2)[C@@H](O)[C@H](O)[C@H]1O. The van der Waals surface area contributed by atoms with E-state index in [-0.39, 0.29) is 17.1 Å². The maximum atomic E-state index is 12.7. The van der Waals surface area contributed by atoms with Gasteiger partial charge < -0.3 is 45.2 Å². The molecule has 1 heterocycles. The number of aromatic hydroxyl groups is 3. The molecule has 1 aliphatic heterocycles. The molecule has 2 aliphatic rings. The van der Waals surface area contributed by atoms with E-state index in [1.165, 1.54) is 0 Å². The molecule has 0 spiro atoms. The first-order valence-electron chi connectivity index (χ1n) is 11.9. The van der Waals surface area contributed by atoms with Crippen LogP contribution < -0.4 is 0 Å². The quantitative estimate of drug-likeness (QED) is 0.151. The minimum Gasteiger partial charge on any atom is -0.504 e. The van der Waals surface area contributed by atoms with E-state index in [1.54, 1.807) is 19.1 Å². The molecule has 1 aliphatic carbocycles. The zero-order valence-corrected chi connectivity index (χ0v) is 21.0. The monoisotopic (exact) mass is 522 g/mol. The van der Waals surface area contributed by atoms with Crippen molar-refractivity contribution in [2.24, 2.45) is 11.3 Å². The molecule has 3 rings (SSSR count). The van der Waals surface area contributed by atoms with Gasteiger partial charge in [-0.05, 0) is 37.5 Å². The number of hydrogen-bond donors (Lipinski definition) is 7. The van der Waals surface area contributed by atoms with E-state index >= 15 is 0 Å². The first-order chi connectivity index (χ1) is 17.1. The molecule has 1 fully saturated rings. The Hall–Kier alpha value is -2.80. The van der Waals surface area contributed by atoms with Crippen molar-refractivity contribution in [1.82, 2.24) is 0 Å². The summed E-state index contributed by atoms with van der Waals surface area (Å²) < 4.78 is 11.2. The van der Waals surface area contributed by atoms with E-state index in [9.17, 15) is 45.3 Å². The number of aliphatic hydroxyl groups excluding tert-OH is 4. The van der Waals surface area contributed by atoms with Crippen LogP contribution in [0.15, 0.2) is 35.9 Å². The van der Waals surface area contributed by atoms with E-state index in [0.717, 1.165) is 17.7 Å². The van der Waals surface area contributed by atoms with Gasteiger partial charge in [0.2, 0.25) is 0 Å². The molecule has 0 saturated carbocycles. The molecule has 7 N–H and O–H groups in total. The van der Waals surface area contributed by atoms with Gasteiger partial charge in [-0.25, -0.2) is 0 Å². The fourth-order valence-corrected chi connectivity index (χ4v) is 4.82. The van der Waals surface area contributed by atoms with Crippen LogP contribution in [0.3, 0.4) is 0 Å². The second kappa shape index (κ2) is 10.9. The van der Waals surface area contributed by atoms with E-state index in [0.29, 0.717) is 6.42 Å². The van der Waals surface area contributed by atoms with E-state index in [1.807, 2.05) is 26.8 Å². The summed E-state index contributed by atoms with van der Waals surface area (Å²) in [6.45, 7) is 7.46. The van der Waals surface area contributed by atoms with Crippen LogP contribution in [0, 0.1) is 11.3 Å². The zero-order valence-electron chi connectivity index (χ0n) is 21.0. The van der Waals surface area contributed by atoms with Gasteiger partial charge in [0.25, 0.3) is 0 Å². The molecular formula is C26H34O11. The lowest BCUT2D eigenvalue weighted by molar-refractivity contribution is -0.311. The Labute approximate surface area is 213 Å². The lowest BCUT2D eigenvalue weighted by Crippen LogP contribution is -2.62. The van der Waals surface area contributed by atoms with Gasteiger partial charge in [-0.2, -0.15) is 0 Å². The van der Waals surface area contributed by atoms with Crippen LogP contribution >= 0.6 is 0 Å². The van der Waals surface area contributed by atoms with Crippen molar-refractivity contribution in [3.05, 3.63) is 41.5 Å². The van der Waals surface area contributed by atoms with Crippen LogP contribution in [0.2, 0.25) is 0 Å². The van der Waals surface area contributed by atoms with Crippen LogP contribution in [-0.4, -0.2) is 90.2 Å². The van der Waals surface area contributed by atoms with Crippen molar-refractivity contribution >= 4 is 11.6 Å². The zero-order chi connectivity index (χ0) is 27.8. The highest BCUT2D eigenvalue weighted by atomic mass is 16.7. The molecule has 11 nitrogen and oxygen atoms in total. The molecule has 1 saturated heterocycles. The number of aliphatic hydroxyl groups is 4. The third kappa shape index (κ3) is 6.03. The third-order valence-electron chi connectivity index (χ3n) is 6.81. The summed E-state index contributed by atoms with van der Waals surface area (Å²) in [6, 6.07) is 1.61. The predicted octanol–water partition coefficient (Wildman–Crippen LogP) is 0.677. The Morgan fingerprint density at radius 1 is 1.11 bits per heavy atom. The fraction of sp³-hybridized carbons (Fsp3) is 0.538. The number of hydrogen-bond acceptors (Lipinski definition) is 11. The van der Waals surface area contributed by atoms with E-state index in [2.05, 4.69) is 0 Å². The smallest absolute Gasteiger partial charge is 0.200 e. The average Bonchev–Trinajstić information content (AvgIpc) is 2.80. The lowest BCUT2D eigenvalue weighted by Gasteiger charge is -2.42. The number of carbonyl (C=O) groups is 2. The Kier molecular flexibility index (Phi) is 8.47. The second-order valence-electron chi connectivity index (χ2n) is 10.3. The maximum Gasteiger partial charge on any atom is 0.200 e. The molecule has 0 aromatic heterocycles.